The van der Waals surface area contributed by atoms with Crippen molar-refractivity contribution in [2.45, 2.75) is 6.17 Å². The minimum Gasteiger partial charge on any atom is -0.360 e. The molecule has 4 aromatic rings. The number of hydrogen-bond donors (Lipinski definition) is 1. The van der Waals surface area contributed by atoms with E-state index in [1.165, 1.54) is 6.07 Å². The van der Waals surface area contributed by atoms with E-state index in [0.29, 0.717) is 5.56 Å². The van der Waals surface area contributed by atoms with E-state index in [2.05, 4.69) is 5.32 Å². The maximum Gasteiger partial charge on any atom is 0.276 e. The molecule has 1 N–H and O–H groups in total. The lowest BCUT2D eigenvalue weighted by atomic mass is 10.0. The molecule has 0 spiro atoms. The summed E-state index contributed by atoms with van der Waals surface area (Å²) in [7, 11) is 0. The van der Waals surface area contributed by atoms with Crippen LogP contribution in [-0.2, 0) is 0 Å². The van der Waals surface area contributed by atoms with E-state index in [-0.39, 0.29) is 10.6 Å². The number of imidazole rings is 1. The van der Waals surface area contributed by atoms with Gasteiger partial charge in [-0.05, 0) is 30.3 Å². The molecule has 6 nitrogen and oxygen atoms in total. The quantitative estimate of drug-likeness (QED) is 0.427. The number of aromatic nitrogens is 2. The van der Waals surface area contributed by atoms with Crippen LogP contribution in [0, 0.1) is 10.1 Å². The summed E-state index contributed by atoms with van der Waals surface area (Å²) in [5, 5.41) is 15.0. The minimum absolute atomic E-state index is 0.0908. The summed E-state index contributed by atoms with van der Waals surface area (Å²) in [6.45, 7) is 0. The topological polar surface area (TPSA) is 73.0 Å². The van der Waals surface area contributed by atoms with Gasteiger partial charge in [-0.25, -0.2) is 4.98 Å². The molecule has 0 aliphatic carbocycles. The molecule has 6 heteroatoms. The maximum absolute atomic E-state index is 11.6. The molecule has 1 atom stereocenters. The molecule has 26 heavy (non-hydrogen) atoms. The number of benzene rings is 3. The van der Waals surface area contributed by atoms with Gasteiger partial charge in [0.15, 0.2) is 0 Å². The number of para-hydroxylation sites is 4. The third kappa shape index (κ3) is 2.02. The van der Waals surface area contributed by atoms with Crippen molar-refractivity contribution in [2.24, 2.45) is 0 Å². The first kappa shape index (κ1) is 14.7. The second-order valence-corrected chi connectivity index (χ2v) is 6.20. The number of anilines is 1. The van der Waals surface area contributed by atoms with E-state index in [9.17, 15) is 10.1 Å². The van der Waals surface area contributed by atoms with Crippen molar-refractivity contribution in [3.63, 3.8) is 0 Å². The number of nitro benzene ring substituents is 1. The van der Waals surface area contributed by atoms with Crippen LogP contribution >= 0.6 is 0 Å². The van der Waals surface area contributed by atoms with Crippen LogP contribution < -0.4 is 5.32 Å². The number of hydrogen-bond acceptors (Lipinski definition) is 4. The van der Waals surface area contributed by atoms with Gasteiger partial charge in [-0.3, -0.25) is 14.7 Å². The van der Waals surface area contributed by atoms with Crippen LogP contribution in [0.4, 0.5) is 11.4 Å². The molecule has 5 rings (SSSR count). The first-order chi connectivity index (χ1) is 12.7. The highest BCUT2D eigenvalue weighted by atomic mass is 16.6. The van der Waals surface area contributed by atoms with E-state index >= 15 is 0 Å². The predicted octanol–water partition coefficient (Wildman–Crippen LogP) is 4.58. The summed E-state index contributed by atoms with van der Waals surface area (Å²) in [4.78, 5) is 16.0. The van der Waals surface area contributed by atoms with E-state index in [1.807, 2.05) is 59.2 Å². The Balaban J connectivity index is 1.84. The third-order valence-electron chi connectivity index (χ3n) is 4.74. The Hall–Kier alpha value is -3.67. The monoisotopic (exact) mass is 342 g/mol. The Labute approximate surface area is 148 Å². The fraction of sp³-hybridized carbons (Fsp3) is 0.0500. The molecule has 0 radical (unpaired) electrons. The van der Waals surface area contributed by atoms with E-state index < -0.39 is 6.17 Å². The van der Waals surface area contributed by atoms with Gasteiger partial charge < -0.3 is 5.32 Å². The molecule has 1 aromatic heterocycles. The third-order valence-corrected chi connectivity index (χ3v) is 4.74. The molecule has 0 saturated heterocycles. The van der Waals surface area contributed by atoms with E-state index in [0.717, 1.165) is 28.1 Å². The molecule has 1 aliphatic heterocycles. The van der Waals surface area contributed by atoms with Gasteiger partial charge in [-0.2, -0.15) is 0 Å². The van der Waals surface area contributed by atoms with Crippen molar-refractivity contribution in [1.82, 2.24) is 9.55 Å². The van der Waals surface area contributed by atoms with Crippen LogP contribution in [0.5, 0.6) is 0 Å². The van der Waals surface area contributed by atoms with Crippen LogP contribution in [0.1, 0.15) is 11.7 Å². The highest BCUT2D eigenvalue weighted by molar-refractivity contribution is 5.87. The largest absolute Gasteiger partial charge is 0.360 e. The van der Waals surface area contributed by atoms with Gasteiger partial charge in [-0.1, -0.05) is 36.4 Å². The highest BCUT2D eigenvalue weighted by Crippen LogP contribution is 2.42. The van der Waals surface area contributed by atoms with Crippen molar-refractivity contribution in [2.75, 3.05) is 5.32 Å². The molecule has 3 aromatic carbocycles. The summed E-state index contributed by atoms with van der Waals surface area (Å²) in [6, 6.07) is 22.6. The minimum atomic E-state index is -0.408. The number of nitro groups is 1. The molecule has 1 aliphatic rings. The van der Waals surface area contributed by atoms with Gasteiger partial charge in [0.25, 0.3) is 5.69 Å². The zero-order chi connectivity index (χ0) is 17.7. The molecule has 2 heterocycles. The SMILES string of the molecule is O=[N+]([O-])c1ccccc1[C@@H]1Nc2ccccc2-c2nc3ccccc3n21. The Morgan fingerprint density at radius 1 is 0.962 bits per heavy atom. The first-order valence-corrected chi connectivity index (χ1v) is 8.30. The number of nitrogens with zero attached hydrogens (tertiary/aromatic N) is 3. The zero-order valence-electron chi connectivity index (χ0n) is 13.7. The molecule has 0 saturated carbocycles. The average molecular weight is 342 g/mol. The van der Waals surface area contributed by atoms with Crippen LogP contribution in [0.15, 0.2) is 72.8 Å². The zero-order valence-corrected chi connectivity index (χ0v) is 13.7. The van der Waals surface area contributed by atoms with Crippen LogP contribution in [0.3, 0.4) is 0 Å². The van der Waals surface area contributed by atoms with Crippen molar-refractivity contribution < 1.29 is 4.92 Å². The molecule has 0 bridgehead atoms. The van der Waals surface area contributed by atoms with Gasteiger partial charge in [0.2, 0.25) is 0 Å². The van der Waals surface area contributed by atoms with Gasteiger partial charge in [-0.15, -0.1) is 0 Å². The normalized spacial score (nSPS) is 15.2. The number of rotatable bonds is 2. The number of fused-ring (bicyclic) bond motifs is 5. The van der Waals surface area contributed by atoms with Crippen LogP contribution in [0.25, 0.3) is 22.4 Å². The smallest absolute Gasteiger partial charge is 0.276 e. The molecule has 0 amide bonds. The van der Waals surface area contributed by atoms with Crippen molar-refractivity contribution >= 4 is 22.4 Å². The Morgan fingerprint density at radius 3 is 2.58 bits per heavy atom. The van der Waals surface area contributed by atoms with Crippen molar-refractivity contribution in [1.29, 1.82) is 0 Å². The lowest BCUT2D eigenvalue weighted by molar-refractivity contribution is -0.385. The van der Waals surface area contributed by atoms with E-state index in [1.54, 1.807) is 12.1 Å². The molecular weight excluding hydrogens is 328 g/mol. The average Bonchev–Trinajstić information content (AvgIpc) is 3.07. The summed E-state index contributed by atoms with van der Waals surface area (Å²) >= 11 is 0. The van der Waals surface area contributed by atoms with Crippen LogP contribution in [-0.4, -0.2) is 14.5 Å². The summed E-state index contributed by atoms with van der Waals surface area (Å²) in [5.74, 6) is 0.809. The van der Waals surface area contributed by atoms with Gasteiger partial charge >= 0.3 is 0 Å². The molecule has 0 fully saturated rings. The van der Waals surface area contributed by atoms with E-state index in [4.69, 9.17) is 4.98 Å². The summed E-state index contributed by atoms with van der Waals surface area (Å²) in [5.41, 5.74) is 4.40. The Morgan fingerprint density at radius 2 is 1.69 bits per heavy atom. The molecular formula is C20H14N4O2. The van der Waals surface area contributed by atoms with Crippen LogP contribution in [0.2, 0.25) is 0 Å². The molecule has 0 unspecified atom stereocenters. The first-order valence-electron chi connectivity index (χ1n) is 8.30. The van der Waals surface area contributed by atoms with Crippen molar-refractivity contribution in [3.8, 4) is 11.4 Å². The van der Waals surface area contributed by atoms with Crippen molar-refractivity contribution in [3.05, 3.63) is 88.5 Å². The predicted molar refractivity (Wildman–Crippen MR) is 100 cm³/mol. The fourth-order valence-electron chi connectivity index (χ4n) is 3.61. The molecule has 126 valence electrons. The standard InChI is InChI=1S/C20H14N4O2/c25-24(26)17-11-5-2-8-14(17)20-21-15-9-3-1-7-13(15)19-22-16-10-4-6-12-18(16)23(19)20/h1-12,20-21H/t20-/m1/s1. The second kappa shape index (κ2) is 5.42. The highest BCUT2D eigenvalue weighted by Gasteiger charge is 2.31. The Bertz CT molecular complexity index is 1170. The lowest BCUT2D eigenvalue weighted by Gasteiger charge is -2.30. The Kier molecular flexibility index (Phi) is 3.05. The van der Waals surface area contributed by atoms with Gasteiger partial charge in [0.1, 0.15) is 12.0 Å². The summed E-state index contributed by atoms with van der Waals surface area (Å²) < 4.78 is 2.04. The summed E-state index contributed by atoms with van der Waals surface area (Å²) in [6.07, 6.45) is -0.408. The fourth-order valence-corrected chi connectivity index (χ4v) is 3.61. The lowest BCUT2D eigenvalue weighted by Crippen LogP contribution is -2.25. The van der Waals surface area contributed by atoms with Gasteiger partial charge in [0.05, 0.1) is 21.5 Å². The second-order valence-electron chi connectivity index (χ2n) is 6.20. The number of nitrogens with one attached hydrogen (secondary N) is 1. The maximum atomic E-state index is 11.6. The van der Waals surface area contributed by atoms with Gasteiger partial charge in [0, 0.05) is 17.3 Å².